The van der Waals surface area contributed by atoms with Gasteiger partial charge in [0.25, 0.3) is 5.56 Å². The predicted molar refractivity (Wildman–Crippen MR) is 120 cm³/mol. The van der Waals surface area contributed by atoms with Crippen molar-refractivity contribution in [2.24, 2.45) is 0 Å². The summed E-state index contributed by atoms with van der Waals surface area (Å²) >= 11 is 1.01. The van der Waals surface area contributed by atoms with Crippen molar-refractivity contribution in [1.82, 2.24) is 23.8 Å². The zero-order valence-electron chi connectivity index (χ0n) is 17.1. The number of aromatic nitrogens is 4. The van der Waals surface area contributed by atoms with E-state index in [0.717, 1.165) is 21.7 Å². The molecular formula is C22H21N5O3S. The summed E-state index contributed by atoms with van der Waals surface area (Å²) in [6, 6.07) is 14.5. The Bertz CT molecular complexity index is 1340. The maximum Gasteiger partial charge on any atom is 0.332 e. The van der Waals surface area contributed by atoms with Crippen LogP contribution in [-0.2, 0) is 17.9 Å². The number of nitrogens with one attached hydrogen (secondary N) is 1. The van der Waals surface area contributed by atoms with E-state index in [0.29, 0.717) is 28.1 Å². The van der Waals surface area contributed by atoms with E-state index in [1.807, 2.05) is 30.3 Å². The lowest BCUT2D eigenvalue weighted by Gasteiger charge is -2.15. The van der Waals surface area contributed by atoms with Crippen LogP contribution in [0, 0.1) is 0 Å². The molecule has 0 aliphatic heterocycles. The van der Waals surface area contributed by atoms with Gasteiger partial charge in [-0.3, -0.25) is 23.7 Å². The summed E-state index contributed by atoms with van der Waals surface area (Å²) in [5, 5.41) is 2.84. The van der Waals surface area contributed by atoms with Gasteiger partial charge in [0.2, 0.25) is 5.91 Å². The van der Waals surface area contributed by atoms with E-state index in [1.165, 1.54) is 4.57 Å². The van der Waals surface area contributed by atoms with E-state index in [4.69, 9.17) is 0 Å². The third-order valence-electron chi connectivity index (χ3n) is 4.85. The van der Waals surface area contributed by atoms with Crippen molar-refractivity contribution in [3.63, 3.8) is 0 Å². The maximum absolute atomic E-state index is 13.2. The lowest BCUT2D eigenvalue weighted by atomic mass is 10.2. The number of benzene rings is 1. The first-order chi connectivity index (χ1) is 15.0. The molecule has 3 heterocycles. The summed E-state index contributed by atoms with van der Waals surface area (Å²) in [5.41, 5.74) is 1.29. The fourth-order valence-electron chi connectivity index (χ4n) is 3.37. The highest BCUT2D eigenvalue weighted by atomic mass is 32.1. The zero-order valence-corrected chi connectivity index (χ0v) is 17.9. The molecular weight excluding hydrogens is 414 g/mol. The molecule has 0 radical (unpaired) electrons. The fraction of sp³-hybridized carbons (Fsp3) is 0.227. The molecule has 4 aromatic rings. The van der Waals surface area contributed by atoms with Crippen LogP contribution in [0.2, 0.25) is 0 Å². The fourth-order valence-corrected chi connectivity index (χ4v) is 4.20. The van der Waals surface area contributed by atoms with Gasteiger partial charge in [-0.05, 0) is 43.1 Å². The Morgan fingerprint density at radius 2 is 1.84 bits per heavy atom. The standard InChI is InChI=1S/C22H21N5O3S/c1-14(2)27-21(29)20-19(18(25-31-20)16-10-6-7-11-23-16)26(22(27)30)13-17(28)24-12-15-8-4-3-5-9-15/h3-11,14H,12-13H2,1-2H3,(H,24,28). The van der Waals surface area contributed by atoms with E-state index >= 15 is 0 Å². The van der Waals surface area contributed by atoms with Gasteiger partial charge >= 0.3 is 5.69 Å². The second-order valence-corrected chi connectivity index (χ2v) is 8.10. The summed E-state index contributed by atoms with van der Waals surface area (Å²) in [6.45, 7) is 3.63. The minimum Gasteiger partial charge on any atom is -0.350 e. The molecule has 31 heavy (non-hydrogen) atoms. The second-order valence-electron chi connectivity index (χ2n) is 7.32. The Kier molecular flexibility index (Phi) is 5.77. The predicted octanol–water partition coefficient (Wildman–Crippen LogP) is 2.58. The van der Waals surface area contributed by atoms with Crippen LogP contribution in [0.15, 0.2) is 64.3 Å². The lowest BCUT2D eigenvalue weighted by Crippen LogP contribution is -2.43. The molecule has 4 rings (SSSR count). The van der Waals surface area contributed by atoms with E-state index in [2.05, 4.69) is 14.7 Å². The van der Waals surface area contributed by atoms with Gasteiger partial charge in [-0.2, -0.15) is 4.37 Å². The molecule has 3 aromatic heterocycles. The van der Waals surface area contributed by atoms with Crippen molar-refractivity contribution in [3.8, 4) is 11.4 Å². The average molecular weight is 436 g/mol. The Labute approximate surface area is 182 Å². The Hall–Kier alpha value is -3.59. The van der Waals surface area contributed by atoms with Crippen molar-refractivity contribution < 1.29 is 4.79 Å². The number of amides is 1. The lowest BCUT2D eigenvalue weighted by molar-refractivity contribution is -0.121. The third-order valence-corrected chi connectivity index (χ3v) is 5.67. The van der Waals surface area contributed by atoms with Gasteiger partial charge in [0.1, 0.15) is 16.9 Å². The van der Waals surface area contributed by atoms with E-state index in [-0.39, 0.29) is 18.5 Å². The number of pyridine rings is 1. The molecule has 0 saturated carbocycles. The molecule has 1 aromatic carbocycles. The first kappa shape index (κ1) is 20.7. The molecule has 0 atom stereocenters. The van der Waals surface area contributed by atoms with Crippen LogP contribution in [0.4, 0.5) is 0 Å². The second kappa shape index (κ2) is 8.65. The normalized spacial score (nSPS) is 11.2. The molecule has 1 N–H and O–H groups in total. The van der Waals surface area contributed by atoms with Crippen LogP contribution in [0.5, 0.6) is 0 Å². The van der Waals surface area contributed by atoms with Crippen molar-refractivity contribution in [2.75, 3.05) is 0 Å². The number of fused-ring (bicyclic) bond motifs is 1. The van der Waals surface area contributed by atoms with Crippen LogP contribution in [-0.4, -0.2) is 24.4 Å². The molecule has 0 aliphatic carbocycles. The molecule has 1 amide bonds. The monoisotopic (exact) mass is 435 g/mol. The number of hydrogen-bond acceptors (Lipinski definition) is 6. The van der Waals surface area contributed by atoms with Gasteiger partial charge < -0.3 is 5.32 Å². The average Bonchev–Trinajstić information content (AvgIpc) is 3.22. The minimum absolute atomic E-state index is 0.229. The summed E-state index contributed by atoms with van der Waals surface area (Å²) in [5.74, 6) is -0.334. The molecule has 158 valence electrons. The van der Waals surface area contributed by atoms with Crippen molar-refractivity contribution in [2.45, 2.75) is 33.0 Å². The van der Waals surface area contributed by atoms with Crippen LogP contribution in [0.25, 0.3) is 21.6 Å². The van der Waals surface area contributed by atoms with E-state index in [9.17, 15) is 14.4 Å². The minimum atomic E-state index is -0.542. The summed E-state index contributed by atoms with van der Waals surface area (Å²) in [6.07, 6.45) is 1.62. The molecule has 0 saturated heterocycles. The Morgan fingerprint density at radius 3 is 2.52 bits per heavy atom. The van der Waals surface area contributed by atoms with Gasteiger partial charge in [-0.1, -0.05) is 36.4 Å². The SMILES string of the molecule is CC(C)n1c(=O)c2snc(-c3ccccn3)c2n(CC(=O)NCc2ccccc2)c1=O. The molecule has 0 aliphatic rings. The van der Waals surface area contributed by atoms with Gasteiger partial charge in [-0.25, -0.2) is 4.79 Å². The number of carbonyl (C=O) groups excluding carboxylic acids is 1. The topological polar surface area (TPSA) is 98.9 Å². The molecule has 0 fully saturated rings. The van der Waals surface area contributed by atoms with Crippen molar-refractivity contribution in [3.05, 3.63) is 81.1 Å². The molecule has 0 unspecified atom stereocenters. The summed E-state index contributed by atoms with van der Waals surface area (Å²) < 4.78 is 7.21. The maximum atomic E-state index is 13.2. The van der Waals surface area contributed by atoms with Crippen molar-refractivity contribution in [1.29, 1.82) is 0 Å². The molecule has 8 nitrogen and oxygen atoms in total. The number of rotatable bonds is 6. The molecule has 0 bridgehead atoms. The molecule has 9 heteroatoms. The van der Waals surface area contributed by atoms with Crippen LogP contribution >= 0.6 is 11.5 Å². The highest BCUT2D eigenvalue weighted by Crippen LogP contribution is 2.27. The van der Waals surface area contributed by atoms with Gasteiger partial charge in [-0.15, -0.1) is 0 Å². The summed E-state index contributed by atoms with van der Waals surface area (Å²) in [7, 11) is 0. The number of nitrogens with zero attached hydrogens (tertiary/aromatic N) is 4. The van der Waals surface area contributed by atoms with E-state index in [1.54, 1.807) is 38.2 Å². The van der Waals surface area contributed by atoms with Crippen LogP contribution in [0.1, 0.15) is 25.5 Å². The van der Waals surface area contributed by atoms with Crippen molar-refractivity contribution >= 4 is 27.7 Å². The largest absolute Gasteiger partial charge is 0.350 e. The first-order valence-electron chi connectivity index (χ1n) is 9.84. The number of carbonyl (C=O) groups is 1. The Balaban J connectivity index is 1.80. The quantitative estimate of drug-likeness (QED) is 0.502. The van der Waals surface area contributed by atoms with Crippen LogP contribution < -0.4 is 16.6 Å². The zero-order chi connectivity index (χ0) is 22.0. The highest BCUT2D eigenvalue weighted by Gasteiger charge is 2.23. The third kappa shape index (κ3) is 4.04. The first-order valence-corrected chi connectivity index (χ1v) is 10.6. The van der Waals surface area contributed by atoms with E-state index < -0.39 is 11.2 Å². The van der Waals surface area contributed by atoms with Gasteiger partial charge in [0, 0.05) is 18.8 Å². The Morgan fingerprint density at radius 1 is 1.10 bits per heavy atom. The van der Waals surface area contributed by atoms with Gasteiger partial charge in [0.15, 0.2) is 0 Å². The summed E-state index contributed by atoms with van der Waals surface area (Å²) in [4.78, 5) is 43.3. The van der Waals surface area contributed by atoms with Gasteiger partial charge in [0.05, 0.1) is 11.2 Å². The number of hydrogen-bond donors (Lipinski definition) is 1. The molecule has 0 spiro atoms. The smallest absolute Gasteiger partial charge is 0.332 e. The van der Waals surface area contributed by atoms with Crippen LogP contribution in [0.3, 0.4) is 0 Å². The highest BCUT2D eigenvalue weighted by molar-refractivity contribution is 7.13.